The average molecular weight is 345 g/mol. The minimum atomic E-state index is 0.0289. The van der Waals surface area contributed by atoms with Gasteiger partial charge in [0.15, 0.2) is 0 Å². The SMILES string of the molecule is O=C(CN1CCN(c2ccccn2)CC1)NCc1ccccc1Cl. The standard InChI is InChI=1S/C18H21ClN4O/c19-16-6-2-1-5-15(16)13-21-18(24)14-22-9-11-23(12-10-22)17-7-3-4-8-20-17/h1-8H,9-14H2,(H,21,24). The molecule has 1 aromatic carbocycles. The number of nitrogens with one attached hydrogen (secondary N) is 1. The molecule has 1 N–H and O–H groups in total. The summed E-state index contributed by atoms with van der Waals surface area (Å²) in [6, 6.07) is 13.5. The smallest absolute Gasteiger partial charge is 0.234 e. The number of halogens is 1. The van der Waals surface area contributed by atoms with E-state index in [1.165, 1.54) is 0 Å². The monoisotopic (exact) mass is 344 g/mol. The van der Waals surface area contributed by atoms with Gasteiger partial charge in [-0.2, -0.15) is 0 Å². The van der Waals surface area contributed by atoms with Crippen LogP contribution in [-0.2, 0) is 11.3 Å². The van der Waals surface area contributed by atoms with Crippen LogP contribution in [0.3, 0.4) is 0 Å². The van der Waals surface area contributed by atoms with E-state index in [1.54, 1.807) is 0 Å². The highest BCUT2D eigenvalue weighted by molar-refractivity contribution is 6.31. The molecule has 2 aromatic rings. The fraction of sp³-hybridized carbons (Fsp3) is 0.333. The van der Waals surface area contributed by atoms with E-state index < -0.39 is 0 Å². The van der Waals surface area contributed by atoms with Gasteiger partial charge >= 0.3 is 0 Å². The van der Waals surface area contributed by atoms with Crippen LogP contribution >= 0.6 is 11.6 Å². The van der Waals surface area contributed by atoms with Gasteiger partial charge in [-0.1, -0.05) is 35.9 Å². The Morgan fingerprint density at radius 2 is 1.83 bits per heavy atom. The highest BCUT2D eigenvalue weighted by Gasteiger charge is 2.19. The molecule has 0 spiro atoms. The second kappa shape index (κ2) is 8.13. The third kappa shape index (κ3) is 4.46. The summed E-state index contributed by atoms with van der Waals surface area (Å²) in [4.78, 5) is 20.9. The lowest BCUT2D eigenvalue weighted by Crippen LogP contribution is -2.49. The van der Waals surface area contributed by atoms with Gasteiger partial charge in [-0.15, -0.1) is 0 Å². The van der Waals surface area contributed by atoms with Crippen LogP contribution in [0.1, 0.15) is 5.56 Å². The number of carbonyl (C=O) groups excluding carboxylic acids is 1. The summed E-state index contributed by atoms with van der Waals surface area (Å²) >= 11 is 6.10. The molecular formula is C18H21ClN4O. The third-order valence-corrected chi connectivity index (χ3v) is 4.52. The highest BCUT2D eigenvalue weighted by Crippen LogP contribution is 2.14. The zero-order valence-electron chi connectivity index (χ0n) is 13.5. The van der Waals surface area contributed by atoms with Crippen molar-refractivity contribution in [2.24, 2.45) is 0 Å². The number of piperazine rings is 1. The third-order valence-electron chi connectivity index (χ3n) is 4.15. The summed E-state index contributed by atoms with van der Waals surface area (Å²) in [6.07, 6.45) is 1.81. The molecule has 0 radical (unpaired) electrons. The number of rotatable bonds is 5. The Labute approximate surface area is 147 Å². The predicted octanol–water partition coefficient (Wildman–Crippen LogP) is 2.17. The molecule has 5 nitrogen and oxygen atoms in total. The molecule has 1 aliphatic rings. The number of benzene rings is 1. The molecule has 3 rings (SSSR count). The van der Waals surface area contributed by atoms with E-state index in [1.807, 2.05) is 48.7 Å². The largest absolute Gasteiger partial charge is 0.354 e. The Kier molecular flexibility index (Phi) is 5.67. The van der Waals surface area contributed by atoms with E-state index in [-0.39, 0.29) is 5.91 Å². The summed E-state index contributed by atoms with van der Waals surface area (Å²) in [7, 11) is 0. The van der Waals surface area contributed by atoms with Crippen LogP contribution in [0.5, 0.6) is 0 Å². The molecule has 0 bridgehead atoms. The predicted molar refractivity (Wildman–Crippen MR) is 96.2 cm³/mol. The van der Waals surface area contributed by atoms with Crippen molar-refractivity contribution < 1.29 is 4.79 Å². The van der Waals surface area contributed by atoms with Crippen LogP contribution in [0.25, 0.3) is 0 Å². The lowest BCUT2D eigenvalue weighted by molar-refractivity contribution is -0.122. The molecule has 0 unspecified atom stereocenters. The molecule has 0 aliphatic carbocycles. The number of hydrogen-bond donors (Lipinski definition) is 1. The maximum absolute atomic E-state index is 12.1. The zero-order chi connectivity index (χ0) is 16.8. The maximum atomic E-state index is 12.1. The van der Waals surface area contributed by atoms with Gasteiger partial charge in [0.1, 0.15) is 5.82 Å². The van der Waals surface area contributed by atoms with E-state index >= 15 is 0 Å². The molecule has 0 atom stereocenters. The normalized spacial score (nSPS) is 15.3. The highest BCUT2D eigenvalue weighted by atomic mass is 35.5. The lowest BCUT2D eigenvalue weighted by atomic mass is 10.2. The van der Waals surface area contributed by atoms with E-state index in [0.29, 0.717) is 18.1 Å². The number of carbonyl (C=O) groups is 1. The first kappa shape index (κ1) is 16.7. The number of anilines is 1. The minimum Gasteiger partial charge on any atom is -0.354 e. The first-order valence-electron chi connectivity index (χ1n) is 8.11. The first-order valence-corrected chi connectivity index (χ1v) is 8.48. The van der Waals surface area contributed by atoms with E-state index in [4.69, 9.17) is 11.6 Å². The fourth-order valence-corrected chi connectivity index (χ4v) is 2.97. The Morgan fingerprint density at radius 1 is 1.08 bits per heavy atom. The molecular weight excluding hydrogens is 324 g/mol. The second-order valence-corrected chi connectivity index (χ2v) is 6.23. The van der Waals surface area contributed by atoms with Gasteiger partial charge < -0.3 is 10.2 Å². The van der Waals surface area contributed by atoms with E-state index in [0.717, 1.165) is 37.6 Å². The summed E-state index contributed by atoms with van der Waals surface area (Å²) in [5, 5.41) is 3.62. The zero-order valence-corrected chi connectivity index (χ0v) is 14.2. The van der Waals surface area contributed by atoms with Crippen molar-refractivity contribution >= 4 is 23.3 Å². The molecule has 0 saturated carbocycles. The number of aromatic nitrogens is 1. The van der Waals surface area contributed by atoms with Crippen molar-refractivity contribution in [3.8, 4) is 0 Å². The lowest BCUT2D eigenvalue weighted by Gasteiger charge is -2.34. The van der Waals surface area contributed by atoms with Crippen molar-refractivity contribution in [1.82, 2.24) is 15.2 Å². The van der Waals surface area contributed by atoms with E-state index in [2.05, 4.69) is 20.1 Å². The van der Waals surface area contributed by atoms with Gasteiger partial charge in [0.2, 0.25) is 5.91 Å². The number of amides is 1. The van der Waals surface area contributed by atoms with E-state index in [9.17, 15) is 4.79 Å². The van der Waals surface area contributed by atoms with Gasteiger partial charge in [-0.25, -0.2) is 4.98 Å². The summed E-state index contributed by atoms with van der Waals surface area (Å²) < 4.78 is 0. The van der Waals surface area contributed by atoms with Crippen molar-refractivity contribution in [2.75, 3.05) is 37.6 Å². The van der Waals surface area contributed by atoms with Crippen LogP contribution in [-0.4, -0.2) is 48.5 Å². The average Bonchev–Trinajstić information content (AvgIpc) is 2.62. The van der Waals surface area contributed by atoms with Crippen LogP contribution < -0.4 is 10.2 Å². The van der Waals surface area contributed by atoms with Crippen molar-refractivity contribution in [1.29, 1.82) is 0 Å². The molecule has 1 fully saturated rings. The Hall–Kier alpha value is -2.11. The molecule has 1 aromatic heterocycles. The first-order chi connectivity index (χ1) is 11.7. The van der Waals surface area contributed by atoms with Gasteiger partial charge in [0, 0.05) is 43.9 Å². The van der Waals surface area contributed by atoms with Gasteiger partial charge in [0.05, 0.1) is 6.54 Å². The molecule has 24 heavy (non-hydrogen) atoms. The van der Waals surface area contributed by atoms with Gasteiger partial charge in [-0.3, -0.25) is 9.69 Å². The number of pyridine rings is 1. The Bertz CT molecular complexity index is 672. The van der Waals surface area contributed by atoms with Crippen molar-refractivity contribution in [2.45, 2.75) is 6.54 Å². The summed E-state index contributed by atoms with van der Waals surface area (Å²) in [5.74, 6) is 1.03. The molecule has 2 heterocycles. The topological polar surface area (TPSA) is 48.5 Å². The Morgan fingerprint density at radius 3 is 2.54 bits per heavy atom. The molecule has 1 amide bonds. The number of hydrogen-bond acceptors (Lipinski definition) is 4. The van der Waals surface area contributed by atoms with Gasteiger partial charge in [0.25, 0.3) is 0 Å². The summed E-state index contributed by atoms with van der Waals surface area (Å²) in [6.45, 7) is 4.36. The molecule has 126 valence electrons. The van der Waals surface area contributed by atoms with Crippen LogP contribution in [0, 0.1) is 0 Å². The molecule has 6 heteroatoms. The Balaban J connectivity index is 1.43. The molecule has 1 saturated heterocycles. The minimum absolute atomic E-state index is 0.0289. The van der Waals surface area contributed by atoms with Crippen molar-refractivity contribution in [3.05, 3.63) is 59.2 Å². The fourth-order valence-electron chi connectivity index (χ4n) is 2.77. The van der Waals surface area contributed by atoms with Crippen LogP contribution in [0.4, 0.5) is 5.82 Å². The maximum Gasteiger partial charge on any atom is 0.234 e. The quantitative estimate of drug-likeness (QED) is 0.903. The van der Waals surface area contributed by atoms with Crippen LogP contribution in [0.15, 0.2) is 48.7 Å². The van der Waals surface area contributed by atoms with Gasteiger partial charge in [-0.05, 0) is 23.8 Å². The van der Waals surface area contributed by atoms with Crippen LogP contribution in [0.2, 0.25) is 5.02 Å². The summed E-state index contributed by atoms with van der Waals surface area (Å²) in [5.41, 5.74) is 0.937. The molecule has 1 aliphatic heterocycles. The van der Waals surface area contributed by atoms with Crippen molar-refractivity contribution in [3.63, 3.8) is 0 Å². The number of nitrogens with zero attached hydrogens (tertiary/aromatic N) is 3. The second-order valence-electron chi connectivity index (χ2n) is 5.82.